The van der Waals surface area contributed by atoms with Crippen molar-refractivity contribution < 1.29 is 27.2 Å². The SMILES string of the molecule is CCc1nocc1C(=O)NS(=O)(=O)c1cc(Cl)ccc1OCCOC. The largest absolute Gasteiger partial charge is 0.490 e. The van der Waals surface area contributed by atoms with E-state index in [0.29, 0.717) is 12.1 Å². The first-order valence-electron chi connectivity index (χ1n) is 7.30. The average molecular weight is 389 g/mol. The van der Waals surface area contributed by atoms with Crippen LogP contribution in [0.15, 0.2) is 33.9 Å². The number of nitrogens with one attached hydrogen (secondary N) is 1. The summed E-state index contributed by atoms with van der Waals surface area (Å²) in [5, 5.41) is 3.84. The Morgan fingerprint density at radius 3 is 2.80 bits per heavy atom. The molecule has 1 N–H and O–H groups in total. The number of rotatable bonds is 8. The van der Waals surface area contributed by atoms with Crippen LogP contribution < -0.4 is 9.46 Å². The molecule has 136 valence electrons. The van der Waals surface area contributed by atoms with Crippen LogP contribution in [-0.4, -0.2) is 39.8 Å². The van der Waals surface area contributed by atoms with Crippen LogP contribution in [0, 0.1) is 0 Å². The summed E-state index contributed by atoms with van der Waals surface area (Å²) >= 11 is 5.89. The van der Waals surface area contributed by atoms with Crippen LogP contribution in [0.3, 0.4) is 0 Å². The molecular weight excluding hydrogens is 372 g/mol. The number of nitrogens with zero attached hydrogens (tertiary/aromatic N) is 1. The van der Waals surface area contributed by atoms with Crippen LogP contribution in [0.25, 0.3) is 0 Å². The minimum atomic E-state index is -4.22. The molecule has 1 amide bonds. The van der Waals surface area contributed by atoms with Crippen molar-refractivity contribution in [2.45, 2.75) is 18.2 Å². The number of aryl methyl sites for hydroxylation is 1. The highest BCUT2D eigenvalue weighted by Gasteiger charge is 2.25. The molecule has 2 aromatic rings. The van der Waals surface area contributed by atoms with Gasteiger partial charge in [-0.3, -0.25) is 4.79 Å². The van der Waals surface area contributed by atoms with Crippen molar-refractivity contribution in [1.29, 1.82) is 0 Å². The minimum absolute atomic E-state index is 0.0509. The number of sulfonamides is 1. The van der Waals surface area contributed by atoms with Gasteiger partial charge in [-0.15, -0.1) is 0 Å². The van der Waals surface area contributed by atoms with E-state index in [4.69, 9.17) is 25.6 Å². The van der Waals surface area contributed by atoms with E-state index in [-0.39, 0.29) is 34.4 Å². The van der Waals surface area contributed by atoms with Crippen LogP contribution in [-0.2, 0) is 21.2 Å². The van der Waals surface area contributed by atoms with Crippen molar-refractivity contribution >= 4 is 27.5 Å². The molecule has 1 aromatic carbocycles. The molecule has 0 saturated heterocycles. The molecule has 1 aromatic heterocycles. The standard InChI is InChI=1S/C15H17ClN2O6S/c1-3-12-11(9-24-17-12)15(19)18-25(20,21)14-8-10(16)4-5-13(14)23-7-6-22-2/h4-5,8-9H,3,6-7H2,1-2H3,(H,18,19). The second kappa shape index (κ2) is 8.32. The fraction of sp³-hybridized carbons (Fsp3) is 0.333. The van der Waals surface area contributed by atoms with Gasteiger partial charge in [-0.1, -0.05) is 23.7 Å². The van der Waals surface area contributed by atoms with Crippen LogP contribution >= 0.6 is 11.6 Å². The third-order valence-electron chi connectivity index (χ3n) is 3.19. The van der Waals surface area contributed by atoms with Gasteiger partial charge in [0.15, 0.2) is 0 Å². The van der Waals surface area contributed by atoms with E-state index in [1.165, 1.54) is 25.3 Å². The topological polar surface area (TPSA) is 108 Å². The lowest BCUT2D eigenvalue weighted by Gasteiger charge is -2.13. The summed E-state index contributed by atoms with van der Waals surface area (Å²) in [7, 11) is -2.73. The van der Waals surface area contributed by atoms with E-state index in [9.17, 15) is 13.2 Å². The molecule has 0 spiro atoms. The molecule has 8 nitrogen and oxygen atoms in total. The highest BCUT2D eigenvalue weighted by atomic mass is 35.5. The van der Waals surface area contributed by atoms with Gasteiger partial charge in [0, 0.05) is 12.1 Å². The van der Waals surface area contributed by atoms with Crippen molar-refractivity contribution in [3.63, 3.8) is 0 Å². The Hall–Kier alpha value is -2.10. The van der Waals surface area contributed by atoms with Gasteiger partial charge in [0.1, 0.15) is 29.1 Å². The summed E-state index contributed by atoms with van der Waals surface area (Å²) in [4.78, 5) is 12.0. The Morgan fingerprint density at radius 2 is 2.12 bits per heavy atom. The molecule has 0 aliphatic carbocycles. The van der Waals surface area contributed by atoms with Crippen LogP contribution in [0.1, 0.15) is 23.0 Å². The molecule has 0 atom stereocenters. The molecule has 0 bridgehead atoms. The molecule has 10 heteroatoms. The number of halogens is 1. The van der Waals surface area contributed by atoms with E-state index in [0.717, 1.165) is 6.26 Å². The average Bonchev–Trinajstić information content (AvgIpc) is 3.04. The van der Waals surface area contributed by atoms with Gasteiger partial charge in [0.05, 0.1) is 12.3 Å². The summed E-state index contributed by atoms with van der Waals surface area (Å²) in [6.07, 6.45) is 1.51. The number of amides is 1. The smallest absolute Gasteiger partial charge is 0.270 e. The second-order valence-corrected chi connectivity index (χ2v) is 6.98. The van der Waals surface area contributed by atoms with Crippen molar-refractivity contribution in [1.82, 2.24) is 9.88 Å². The lowest BCUT2D eigenvalue weighted by Crippen LogP contribution is -2.31. The molecule has 0 aliphatic rings. The molecule has 0 radical (unpaired) electrons. The van der Waals surface area contributed by atoms with Gasteiger partial charge >= 0.3 is 0 Å². The molecule has 1 heterocycles. The van der Waals surface area contributed by atoms with Crippen LogP contribution in [0.5, 0.6) is 5.75 Å². The van der Waals surface area contributed by atoms with Gasteiger partial charge in [0.2, 0.25) is 0 Å². The number of carbonyl (C=O) groups is 1. The summed E-state index contributed by atoms with van der Waals surface area (Å²) in [6, 6.07) is 4.10. The predicted octanol–water partition coefficient (Wildman–Crippen LogP) is 2.03. The van der Waals surface area contributed by atoms with Gasteiger partial charge < -0.3 is 14.0 Å². The summed E-state index contributed by atoms with van der Waals surface area (Å²) in [5.41, 5.74) is 0.408. The van der Waals surface area contributed by atoms with Gasteiger partial charge in [-0.2, -0.15) is 0 Å². The highest BCUT2D eigenvalue weighted by molar-refractivity contribution is 7.90. The van der Waals surface area contributed by atoms with Gasteiger partial charge in [-0.05, 0) is 24.6 Å². The summed E-state index contributed by atoms with van der Waals surface area (Å²) in [6.45, 7) is 2.18. The maximum absolute atomic E-state index is 12.6. The Bertz CT molecular complexity index is 849. The Kier molecular flexibility index (Phi) is 6.40. The van der Waals surface area contributed by atoms with Crippen molar-refractivity contribution in [3.05, 3.63) is 40.7 Å². The number of hydrogen-bond acceptors (Lipinski definition) is 7. The molecular formula is C15H17ClN2O6S. The van der Waals surface area contributed by atoms with Crippen LogP contribution in [0.2, 0.25) is 5.02 Å². The lowest BCUT2D eigenvalue weighted by atomic mass is 10.2. The van der Waals surface area contributed by atoms with Crippen molar-refractivity contribution in [2.75, 3.05) is 20.3 Å². The highest BCUT2D eigenvalue weighted by Crippen LogP contribution is 2.27. The maximum Gasteiger partial charge on any atom is 0.270 e. The van der Waals surface area contributed by atoms with Crippen LogP contribution in [0.4, 0.5) is 0 Å². The zero-order valence-electron chi connectivity index (χ0n) is 13.6. The molecule has 0 aliphatic heterocycles. The Labute approximate surface area is 150 Å². The molecule has 25 heavy (non-hydrogen) atoms. The van der Waals surface area contributed by atoms with E-state index >= 15 is 0 Å². The summed E-state index contributed by atoms with van der Waals surface area (Å²) < 4.78 is 42.1. The zero-order valence-corrected chi connectivity index (χ0v) is 15.2. The van der Waals surface area contributed by atoms with Gasteiger partial charge in [-0.25, -0.2) is 13.1 Å². The monoisotopic (exact) mass is 388 g/mol. The first kappa shape index (κ1) is 19.2. The third-order valence-corrected chi connectivity index (χ3v) is 4.78. The minimum Gasteiger partial charge on any atom is -0.490 e. The number of carbonyl (C=O) groups excluding carboxylic acids is 1. The third kappa shape index (κ3) is 4.71. The zero-order chi connectivity index (χ0) is 18.4. The van der Waals surface area contributed by atoms with Crippen molar-refractivity contribution in [2.24, 2.45) is 0 Å². The Balaban J connectivity index is 2.29. The van der Waals surface area contributed by atoms with E-state index in [1.807, 2.05) is 4.72 Å². The normalized spacial score (nSPS) is 11.3. The number of ether oxygens (including phenoxy) is 2. The van der Waals surface area contributed by atoms with E-state index < -0.39 is 15.9 Å². The first-order chi connectivity index (χ1) is 11.9. The van der Waals surface area contributed by atoms with E-state index in [2.05, 4.69) is 5.16 Å². The predicted molar refractivity (Wildman–Crippen MR) is 89.4 cm³/mol. The summed E-state index contributed by atoms with van der Waals surface area (Å²) in [5.74, 6) is -0.788. The van der Waals surface area contributed by atoms with Crippen molar-refractivity contribution in [3.8, 4) is 5.75 Å². The van der Waals surface area contributed by atoms with Gasteiger partial charge in [0.25, 0.3) is 15.9 Å². The fourth-order valence-corrected chi connectivity index (χ4v) is 3.35. The Morgan fingerprint density at radius 1 is 1.36 bits per heavy atom. The first-order valence-corrected chi connectivity index (χ1v) is 9.16. The molecule has 2 rings (SSSR count). The molecule has 0 fully saturated rings. The quantitative estimate of drug-likeness (QED) is 0.689. The lowest BCUT2D eigenvalue weighted by molar-refractivity contribution is 0.0980. The number of hydrogen-bond donors (Lipinski definition) is 1. The maximum atomic E-state index is 12.6. The fourth-order valence-electron chi connectivity index (χ4n) is 1.98. The molecule has 0 saturated carbocycles. The number of benzene rings is 1. The molecule has 0 unspecified atom stereocenters. The van der Waals surface area contributed by atoms with E-state index in [1.54, 1.807) is 6.92 Å². The number of methoxy groups -OCH3 is 1. The second-order valence-electron chi connectivity index (χ2n) is 4.90. The number of aromatic nitrogens is 1.